The summed E-state index contributed by atoms with van der Waals surface area (Å²) in [7, 11) is 0. The maximum atomic E-state index is 13.8. The van der Waals surface area contributed by atoms with Crippen LogP contribution in [0.15, 0.2) is 97.8 Å². The molecular formula is C38H46N8O6. The molecule has 52 heavy (non-hydrogen) atoms. The number of carbonyl (C=O) groups is 4. The van der Waals surface area contributed by atoms with Gasteiger partial charge in [-0.3, -0.25) is 29.1 Å². The van der Waals surface area contributed by atoms with Crippen LogP contribution >= 0.6 is 0 Å². The van der Waals surface area contributed by atoms with Gasteiger partial charge in [0, 0.05) is 37.6 Å². The number of aromatic nitrogens is 4. The zero-order valence-electron chi connectivity index (χ0n) is 29.8. The molecule has 0 aliphatic rings. The average Bonchev–Trinajstić information content (AvgIpc) is 3.14. The molecule has 0 bridgehead atoms. The summed E-state index contributed by atoms with van der Waals surface area (Å²) >= 11 is 0. The molecule has 0 unspecified atom stereocenters. The molecule has 2 aromatic heterocycles. The highest BCUT2D eigenvalue weighted by atomic mass is 17.2. The van der Waals surface area contributed by atoms with Crippen LogP contribution in [0.1, 0.15) is 72.6 Å². The van der Waals surface area contributed by atoms with Crippen LogP contribution in [-0.4, -0.2) is 68.1 Å². The van der Waals surface area contributed by atoms with Crippen molar-refractivity contribution in [3.8, 4) is 0 Å². The first-order valence-corrected chi connectivity index (χ1v) is 17.2. The number of rotatable bonds is 19. The number of hydrogen-bond donors (Lipinski definition) is 4. The standard InChI is InChI=1S/C38H46N8O6/c1-25(2)19-33(45-35(47)29(21-27-11-7-5-8-12-27)43-37(49)31-23-39-15-17-41-31)51-52-34(20-26(3)4)46-36(48)30(22-28-13-9-6-10-14-28)44-38(50)32-24-40-16-18-42-32/h5-18,23-26,29-30,33-34H,19-22H2,1-4H3,(H,43,49)(H,44,50)(H,45,47)(H,46,48)/t29-,30-,33+,34+/m0/s1. The summed E-state index contributed by atoms with van der Waals surface area (Å²) < 4.78 is 0. The highest BCUT2D eigenvalue weighted by molar-refractivity contribution is 5.96. The zero-order chi connectivity index (χ0) is 37.3. The van der Waals surface area contributed by atoms with Crippen molar-refractivity contribution >= 4 is 23.6 Å². The molecule has 274 valence electrons. The summed E-state index contributed by atoms with van der Waals surface area (Å²) in [5.74, 6) is -1.99. The van der Waals surface area contributed by atoms with Gasteiger partial charge in [0.15, 0.2) is 12.5 Å². The molecule has 0 fully saturated rings. The number of nitrogens with zero attached hydrogens (tertiary/aromatic N) is 4. The van der Waals surface area contributed by atoms with E-state index < -0.39 is 48.2 Å². The first kappa shape index (κ1) is 39.2. The summed E-state index contributed by atoms with van der Waals surface area (Å²) in [4.78, 5) is 81.3. The van der Waals surface area contributed by atoms with Gasteiger partial charge in [-0.15, -0.1) is 0 Å². The normalized spacial score (nSPS) is 13.4. The summed E-state index contributed by atoms with van der Waals surface area (Å²) in [5, 5.41) is 11.3. The highest BCUT2D eigenvalue weighted by Gasteiger charge is 2.29. The fourth-order valence-electron chi connectivity index (χ4n) is 5.17. The molecule has 0 aliphatic heterocycles. The molecule has 0 radical (unpaired) electrons. The molecule has 4 atom stereocenters. The molecular weight excluding hydrogens is 664 g/mol. The van der Waals surface area contributed by atoms with E-state index in [9.17, 15) is 19.2 Å². The van der Waals surface area contributed by atoms with Crippen molar-refractivity contribution in [2.24, 2.45) is 11.8 Å². The molecule has 14 heteroatoms. The van der Waals surface area contributed by atoms with Crippen LogP contribution in [0.2, 0.25) is 0 Å². The lowest BCUT2D eigenvalue weighted by Gasteiger charge is -2.28. The Kier molecular flexibility index (Phi) is 15.3. The smallest absolute Gasteiger partial charge is 0.272 e. The van der Waals surface area contributed by atoms with E-state index in [1.165, 1.54) is 37.2 Å². The lowest BCUT2D eigenvalue weighted by molar-refractivity contribution is -0.362. The van der Waals surface area contributed by atoms with Crippen molar-refractivity contribution in [3.63, 3.8) is 0 Å². The molecule has 0 aliphatic carbocycles. The van der Waals surface area contributed by atoms with E-state index in [0.717, 1.165) is 11.1 Å². The van der Waals surface area contributed by atoms with Gasteiger partial charge in [-0.1, -0.05) is 88.4 Å². The molecule has 4 aromatic rings. The Hall–Kier alpha value is -5.60. The molecule has 2 heterocycles. The summed E-state index contributed by atoms with van der Waals surface area (Å²) in [5.41, 5.74) is 1.79. The fraction of sp³-hybridized carbons (Fsp3) is 0.368. The lowest BCUT2D eigenvalue weighted by Crippen LogP contribution is -2.53. The minimum absolute atomic E-state index is 0.0670. The van der Waals surface area contributed by atoms with Crippen molar-refractivity contribution < 1.29 is 29.0 Å². The summed E-state index contributed by atoms with van der Waals surface area (Å²) in [6.07, 6.45) is 7.56. The topological polar surface area (TPSA) is 186 Å². The largest absolute Gasteiger partial charge is 0.339 e. The van der Waals surface area contributed by atoms with Gasteiger partial charge >= 0.3 is 0 Å². The molecule has 14 nitrogen and oxygen atoms in total. The van der Waals surface area contributed by atoms with Crippen molar-refractivity contribution in [2.75, 3.05) is 0 Å². The number of carbonyl (C=O) groups excluding carboxylic acids is 4. The average molecular weight is 711 g/mol. The zero-order valence-corrected chi connectivity index (χ0v) is 29.8. The predicted octanol–water partition coefficient (Wildman–Crippen LogP) is 3.57. The molecule has 0 saturated heterocycles. The van der Waals surface area contributed by atoms with Crippen molar-refractivity contribution in [2.45, 2.75) is 77.9 Å². The van der Waals surface area contributed by atoms with E-state index >= 15 is 0 Å². The van der Waals surface area contributed by atoms with E-state index in [-0.39, 0.29) is 36.1 Å². The van der Waals surface area contributed by atoms with Crippen LogP contribution < -0.4 is 21.3 Å². The molecule has 4 rings (SSSR count). The molecule has 2 aromatic carbocycles. The molecule has 4 amide bonds. The van der Waals surface area contributed by atoms with Crippen LogP contribution in [0, 0.1) is 11.8 Å². The minimum Gasteiger partial charge on any atom is -0.339 e. The Balaban J connectivity index is 1.48. The van der Waals surface area contributed by atoms with E-state index in [4.69, 9.17) is 9.78 Å². The summed E-state index contributed by atoms with van der Waals surface area (Å²) in [6.45, 7) is 7.84. The highest BCUT2D eigenvalue weighted by Crippen LogP contribution is 2.14. The number of amides is 4. The third-order valence-electron chi connectivity index (χ3n) is 7.67. The van der Waals surface area contributed by atoms with Gasteiger partial charge < -0.3 is 21.3 Å². The first-order valence-electron chi connectivity index (χ1n) is 17.2. The van der Waals surface area contributed by atoms with E-state index in [1.54, 1.807) is 0 Å². The Bertz CT molecular complexity index is 1570. The second kappa shape index (κ2) is 20.3. The Labute approximate surface area is 303 Å². The number of hydrogen-bond acceptors (Lipinski definition) is 10. The SMILES string of the molecule is CC(C)C[C@H](NC(=O)[C@H](Cc1ccccc1)NC(=O)c1cnccn1)OO[C@H](CC(C)C)NC(=O)[C@H](Cc1ccccc1)NC(=O)c1cnccn1. The second-order valence-corrected chi connectivity index (χ2v) is 13.1. The lowest BCUT2D eigenvalue weighted by atomic mass is 10.0. The Morgan fingerprint density at radius 2 is 0.942 bits per heavy atom. The second-order valence-electron chi connectivity index (χ2n) is 13.1. The number of nitrogens with one attached hydrogen (secondary N) is 4. The van der Waals surface area contributed by atoms with Gasteiger partial charge in [0.2, 0.25) is 11.8 Å². The van der Waals surface area contributed by atoms with Gasteiger partial charge in [-0.25, -0.2) is 19.7 Å². The van der Waals surface area contributed by atoms with Crippen LogP contribution in [0.4, 0.5) is 0 Å². The third kappa shape index (κ3) is 13.3. The molecule has 0 saturated carbocycles. The van der Waals surface area contributed by atoms with Gasteiger partial charge in [0.05, 0.1) is 12.4 Å². The maximum Gasteiger partial charge on any atom is 0.272 e. The first-order chi connectivity index (χ1) is 25.1. The van der Waals surface area contributed by atoms with E-state index in [1.807, 2.05) is 88.4 Å². The van der Waals surface area contributed by atoms with Crippen LogP contribution in [0.25, 0.3) is 0 Å². The Morgan fingerprint density at radius 3 is 1.27 bits per heavy atom. The molecule has 4 N–H and O–H groups in total. The predicted molar refractivity (Wildman–Crippen MR) is 192 cm³/mol. The van der Waals surface area contributed by atoms with E-state index in [0.29, 0.717) is 12.8 Å². The van der Waals surface area contributed by atoms with Gasteiger partial charge in [0.25, 0.3) is 11.8 Å². The minimum atomic E-state index is -0.988. The Morgan fingerprint density at radius 1 is 0.558 bits per heavy atom. The third-order valence-corrected chi connectivity index (χ3v) is 7.67. The van der Waals surface area contributed by atoms with Gasteiger partial charge in [-0.05, 0) is 35.8 Å². The van der Waals surface area contributed by atoms with Gasteiger partial charge in [-0.2, -0.15) is 0 Å². The van der Waals surface area contributed by atoms with Crippen LogP contribution in [0.3, 0.4) is 0 Å². The van der Waals surface area contributed by atoms with Crippen molar-refractivity contribution in [1.29, 1.82) is 0 Å². The van der Waals surface area contributed by atoms with Gasteiger partial charge in [0.1, 0.15) is 23.5 Å². The maximum absolute atomic E-state index is 13.8. The quantitative estimate of drug-likeness (QED) is 0.0637. The monoisotopic (exact) mass is 710 g/mol. The number of benzene rings is 2. The summed E-state index contributed by atoms with van der Waals surface area (Å²) in [6, 6.07) is 16.6. The molecule has 0 spiro atoms. The van der Waals surface area contributed by atoms with Crippen molar-refractivity contribution in [1.82, 2.24) is 41.2 Å². The fourth-order valence-corrected chi connectivity index (χ4v) is 5.17. The van der Waals surface area contributed by atoms with Crippen molar-refractivity contribution in [3.05, 3.63) is 120 Å². The van der Waals surface area contributed by atoms with Crippen LogP contribution in [-0.2, 0) is 32.2 Å². The van der Waals surface area contributed by atoms with Crippen LogP contribution in [0.5, 0.6) is 0 Å². The van der Waals surface area contributed by atoms with E-state index in [2.05, 4.69) is 41.2 Å².